The number of nitrogens with one attached hydrogen (secondary N) is 1. The van der Waals surface area contributed by atoms with Gasteiger partial charge in [0.25, 0.3) is 0 Å². The third kappa shape index (κ3) is 5.52. The summed E-state index contributed by atoms with van der Waals surface area (Å²) in [6.45, 7) is 0.622. The topological polar surface area (TPSA) is 55.4 Å². The van der Waals surface area contributed by atoms with Gasteiger partial charge in [-0.2, -0.15) is 8.78 Å². The molecule has 7 heteroatoms. The summed E-state index contributed by atoms with van der Waals surface area (Å²) < 4.78 is 53.5. The number of alkyl halides is 2. The second-order valence-electron chi connectivity index (χ2n) is 4.26. The Labute approximate surface area is 111 Å². The minimum absolute atomic E-state index is 0.0847. The molecule has 0 atom stereocenters. The molecule has 0 unspecified atom stereocenters. The highest BCUT2D eigenvalue weighted by atomic mass is 32.2. The van der Waals surface area contributed by atoms with E-state index < -0.39 is 21.9 Å². The molecule has 0 aliphatic rings. The monoisotopic (exact) mass is 293 g/mol. The van der Waals surface area contributed by atoms with Gasteiger partial charge in [-0.1, -0.05) is 12.1 Å². The van der Waals surface area contributed by atoms with E-state index in [-0.39, 0.29) is 12.3 Å². The zero-order valence-corrected chi connectivity index (χ0v) is 11.6. The van der Waals surface area contributed by atoms with Crippen molar-refractivity contribution in [1.29, 1.82) is 0 Å². The average molecular weight is 293 g/mol. The largest absolute Gasteiger partial charge is 0.435 e. The van der Waals surface area contributed by atoms with E-state index in [1.165, 1.54) is 12.1 Å². The number of hydrogen-bond acceptors (Lipinski definition) is 3. The minimum Gasteiger partial charge on any atom is -0.435 e. The van der Waals surface area contributed by atoms with Crippen molar-refractivity contribution >= 4 is 10.0 Å². The van der Waals surface area contributed by atoms with Gasteiger partial charge in [0, 0.05) is 6.54 Å². The number of sulfonamides is 1. The second kappa shape index (κ2) is 6.81. The molecule has 0 radical (unpaired) electrons. The molecule has 0 aliphatic heterocycles. The summed E-state index contributed by atoms with van der Waals surface area (Å²) in [6, 6.07) is 6.11. The third-order valence-electron chi connectivity index (χ3n) is 2.49. The third-order valence-corrected chi connectivity index (χ3v) is 4.33. The highest BCUT2D eigenvalue weighted by molar-refractivity contribution is 7.90. The van der Waals surface area contributed by atoms with E-state index in [1.54, 1.807) is 26.0 Å². The van der Waals surface area contributed by atoms with Crippen molar-refractivity contribution < 1.29 is 21.9 Å². The molecule has 0 bridgehead atoms. The van der Waals surface area contributed by atoms with Gasteiger partial charge in [0.05, 0.1) is 5.25 Å². The lowest BCUT2D eigenvalue weighted by molar-refractivity contribution is -0.0498. The van der Waals surface area contributed by atoms with E-state index in [2.05, 4.69) is 9.46 Å². The number of ether oxygens (including phenoxy) is 1. The molecule has 0 saturated heterocycles. The maximum Gasteiger partial charge on any atom is 0.387 e. The Balaban J connectivity index is 2.47. The lowest BCUT2D eigenvalue weighted by Crippen LogP contribution is -2.32. The van der Waals surface area contributed by atoms with Gasteiger partial charge in [-0.15, -0.1) is 0 Å². The van der Waals surface area contributed by atoms with E-state index in [1.807, 2.05) is 0 Å². The highest BCUT2D eigenvalue weighted by Gasteiger charge is 2.14. The SMILES string of the molecule is CC(C)S(=O)(=O)NCCc1ccc(OC(F)F)cc1. The van der Waals surface area contributed by atoms with Gasteiger partial charge in [0.2, 0.25) is 10.0 Å². The smallest absolute Gasteiger partial charge is 0.387 e. The molecular weight excluding hydrogens is 276 g/mol. The molecule has 0 spiro atoms. The van der Waals surface area contributed by atoms with Crippen LogP contribution < -0.4 is 9.46 Å². The first-order valence-electron chi connectivity index (χ1n) is 5.83. The van der Waals surface area contributed by atoms with Crippen molar-refractivity contribution in [1.82, 2.24) is 4.72 Å². The van der Waals surface area contributed by atoms with Crippen LogP contribution >= 0.6 is 0 Å². The van der Waals surface area contributed by atoms with Crippen LogP contribution in [0.15, 0.2) is 24.3 Å². The molecule has 0 fully saturated rings. The fraction of sp³-hybridized carbons (Fsp3) is 0.500. The van der Waals surface area contributed by atoms with Crippen LogP contribution in [0.25, 0.3) is 0 Å². The van der Waals surface area contributed by atoms with Crippen molar-refractivity contribution in [2.75, 3.05) is 6.54 Å². The highest BCUT2D eigenvalue weighted by Crippen LogP contribution is 2.15. The fourth-order valence-electron chi connectivity index (χ4n) is 1.34. The van der Waals surface area contributed by atoms with Crippen molar-refractivity contribution in [2.24, 2.45) is 0 Å². The first-order valence-corrected chi connectivity index (χ1v) is 7.38. The van der Waals surface area contributed by atoms with Gasteiger partial charge in [0.1, 0.15) is 5.75 Å². The first-order chi connectivity index (χ1) is 8.81. The normalized spacial score (nSPS) is 12.1. The van der Waals surface area contributed by atoms with Crippen LogP contribution in [0.1, 0.15) is 19.4 Å². The Morgan fingerprint density at radius 2 is 1.79 bits per heavy atom. The summed E-state index contributed by atoms with van der Waals surface area (Å²) >= 11 is 0. The Bertz CT molecular complexity index is 486. The Kier molecular flexibility index (Phi) is 5.68. The van der Waals surface area contributed by atoms with Crippen molar-refractivity contribution in [2.45, 2.75) is 32.1 Å². The molecule has 0 amide bonds. The molecule has 0 aliphatic carbocycles. The number of hydrogen-bond donors (Lipinski definition) is 1. The summed E-state index contributed by atoms with van der Waals surface area (Å²) in [4.78, 5) is 0. The van der Waals surface area contributed by atoms with Crippen molar-refractivity contribution in [3.8, 4) is 5.75 Å². The van der Waals surface area contributed by atoms with E-state index in [4.69, 9.17) is 0 Å². The van der Waals surface area contributed by atoms with Crippen LogP contribution in [0.4, 0.5) is 8.78 Å². The minimum atomic E-state index is -3.27. The Morgan fingerprint density at radius 1 is 1.21 bits per heavy atom. The quantitative estimate of drug-likeness (QED) is 0.838. The zero-order valence-electron chi connectivity index (χ0n) is 10.8. The van der Waals surface area contributed by atoms with E-state index in [9.17, 15) is 17.2 Å². The summed E-state index contributed by atoms with van der Waals surface area (Å²) in [5.41, 5.74) is 0.841. The molecule has 108 valence electrons. The lowest BCUT2D eigenvalue weighted by Gasteiger charge is -2.09. The van der Waals surface area contributed by atoms with Crippen molar-refractivity contribution in [3.05, 3.63) is 29.8 Å². The van der Waals surface area contributed by atoms with Gasteiger partial charge in [-0.25, -0.2) is 13.1 Å². The van der Waals surface area contributed by atoms with Crippen LogP contribution in [0, 0.1) is 0 Å². The van der Waals surface area contributed by atoms with Crippen LogP contribution in [0.5, 0.6) is 5.75 Å². The van der Waals surface area contributed by atoms with Crippen LogP contribution in [0.3, 0.4) is 0 Å². The first kappa shape index (κ1) is 15.8. The van der Waals surface area contributed by atoms with E-state index >= 15 is 0 Å². The number of benzene rings is 1. The van der Waals surface area contributed by atoms with Crippen LogP contribution in [-0.2, 0) is 16.4 Å². The maximum absolute atomic E-state index is 11.9. The van der Waals surface area contributed by atoms with Crippen LogP contribution in [-0.4, -0.2) is 26.8 Å². The van der Waals surface area contributed by atoms with E-state index in [0.29, 0.717) is 6.42 Å². The second-order valence-corrected chi connectivity index (χ2v) is 6.58. The molecule has 4 nitrogen and oxygen atoms in total. The Morgan fingerprint density at radius 3 is 2.26 bits per heavy atom. The predicted molar refractivity (Wildman–Crippen MR) is 68.8 cm³/mol. The summed E-state index contributed by atoms with van der Waals surface area (Å²) in [5.74, 6) is 0.0847. The van der Waals surface area contributed by atoms with E-state index in [0.717, 1.165) is 5.56 Å². The molecule has 1 aromatic carbocycles. The molecule has 1 rings (SSSR count). The Hall–Kier alpha value is -1.21. The van der Waals surface area contributed by atoms with Gasteiger partial charge < -0.3 is 4.74 Å². The lowest BCUT2D eigenvalue weighted by atomic mass is 10.1. The van der Waals surface area contributed by atoms with Gasteiger partial charge in [-0.3, -0.25) is 0 Å². The summed E-state index contributed by atoms with van der Waals surface area (Å²) in [6.07, 6.45) is 0.487. The molecule has 0 aromatic heterocycles. The predicted octanol–water partition coefficient (Wildman–Crippen LogP) is 2.16. The molecule has 1 N–H and O–H groups in total. The molecule has 0 saturated carbocycles. The number of halogens is 2. The van der Waals surface area contributed by atoms with Crippen molar-refractivity contribution in [3.63, 3.8) is 0 Å². The molecule has 0 heterocycles. The van der Waals surface area contributed by atoms with Gasteiger partial charge >= 0.3 is 6.61 Å². The van der Waals surface area contributed by atoms with Crippen LogP contribution in [0.2, 0.25) is 0 Å². The molecular formula is C12H17F2NO3S. The standard InChI is InChI=1S/C12H17F2NO3S/c1-9(2)19(16,17)15-8-7-10-3-5-11(6-4-10)18-12(13)14/h3-6,9,12,15H,7-8H2,1-2H3. The molecule has 1 aromatic rings. The fourth-order valence-corrected chi connectivity index (χ4v) is 2.06. The van der Waals surface area contributed by atoms with Gasteiger partial charge in [-0.05, 0) is 38.0 Å². The summed E-state index contributed by atoms with van der Waals surface area (Å²) in [7, 11) is -3.27. The zero-order chi connectivity index (χ0) is 14.5. The maximum atomic E-state index is 11.9. The summed E-state index contributed by atoms with van der Waals surface area (Å²) in [5, 5.41) is -0.477. The number of rotatable bonds is 7. The average Bonchev–Trinajstić information content (AvgIpc) is 2.30. The van der Waals surface area contributed by atoms with Gasteiger partial charge in [0.15, 0.2) is 0 Å². The molecule has 19 heavy (non-hydrogen) atoms.